The molecule has 4 rings (SSSR count). The van der Waals surface area contributed by atoms with Crippen molar-refractivity contribution >= 4 is 50.8 Å². The number of sulfonamides is 1. The number of allylic oxidation sites excluding steroid dienone is 5. The summed E-state index contributed by atoms with van der Waals surface area (Å²) < 4.78 is 25.5. The topological polar surface area (TPSA) is 46.2 Å². The van der Waals surface area contributed by atoms with Crippen LogP contribution in [-0.4, -0.2) is 14.7 Å². The Morgan fingerprint density at radius 1 is 1.12 bits per heavy atom. The van der Waals surface area contributed by atoms with Crippen LogP contribution in [0.3, 0.4) is 0 Å². The van der Waals surface area contributed by atoms with Gasteiger partial charge in [-0.1, -0.05) is 48.6 Å². The van der Waals surface area contributed by atoms with Gasteiger partial charge in [-0.15, -0.1) is 11.3 Å². The molecule has 1 aromatic carbocycles. The van der Waals surface area contributed by atoms with Crippen molar-refractivity contribution < 1.29 is 8.42 Å². The van der Waals surface area contributed by atoms with Gasteiger partial charge in [0, 0.05) is 27.4 Å². The average molecular weight is 382 g/mol. The molecule has 3 nitrogen and oxygen atoms in total. The number of fused-ring (bicyclic) bond motifs is 3. The summed E-state index contributed by atoms with van der Waals surface area (Å²) in [6.07, 6.45) is 18.2. The molecule has 2 aromatic rings. The zero-order chi connectivity index (χ0) is 18.1. The SMILES string of the molecule is CS(=O)(=O)Nc1cccc(/C=C2/CC=Cc3sc4c(c32)C=CC=CC4)c1. The maximum Gasteiger partial charge on any atom is 0.229 e. The maximum atomic E-state index is 11.5. The first kappa shape index (κ1) is 17.1. The third-order valence-corrected chi connectivity index (χ3v) is 6.12. The van der Waals surface area contributed by atoms with Crippen LogP contribution < -0.4 is 4.72 Å². The summed E-state index contributed by atoms with van der Waals surface area (Å²) in [5.41, 5.74) is 5.47. The van der Waals surface area contributed by atoms with Crippen LogP contribution in [0.2, 0.25) is 0 Å². The molecule has 1 aromatic heterocycles. The van der Waals surface area contributed by atoms with E-state index < -0.39 is 10.0 Å². The second kappa shape index (κ2) is 6.74. The van der Waals surface area contributed by atoms with Crippen molar-refractivity contribution in [3.05, 3.63) is 75.0 Å². The van der Waals surface area contributed by atoms with Crippen molar-refractivity contribution in [2.75, 3.05) is 11.0 Å². The molecule has 2 aliphatic carbocycles. The molecule has 132 valence electrons. The summed E-state index contributed by atoms with van der Waals surface area (Å²) in [6, 6.07) is 7.51. The van der Waals surface area contributed by atoms with E-state index in [1.165, 1.54) is 26.5 Å². The molecular formula is C21H19NO2S2. The van der Waals surface area contributed by atoms with Crippen LogP contribution in [0.4, 0.5) is 5.69 Å². The van der Waals surface area contributed by atoms with Gasteiger partial charge in [0.1, 0.15) is 0 Å². The summed E-state index contributed by atoms with van der Waals surface area (Å²) in [5, 5.41) is 0. The lowest BCUT2D eigenvalue weighted by Crippen LogP contribution is -2.09. The van der Waals surface area contributed by atoms with Crippen molar-refractivity contribution in [3.63, 3.8) is 0 Å². The smallest absolute Gasteiger partial charge is 0.229 e. The number of nitrogens with one attached hydrogen (secondary N) is 1. The summed E-state index contributed by atoms with van der Waals surface area (Å²) in [5.74, 6) is 0. The fourth-order valence-corrected chi connectivity index (χ4v) is 5.11. The van der Waals surface area contributed by atoms with Crippen LogP contribution in [0.25, 0.3) is 23.8 Å². The number of rotatable bonds is 3. The van der Waals surface area contributed by atoms with Crippen molar-refractivity contribution in [1.29, 1.82) is 0 Å². The van der Waals surface area contributed by atoms with Crippen LogP contribution in [0.5, 0.6) is 0 Å². The first-order valence-corrected chi connectivity index (χ1v) is 11.1. The molecule has 0 spiro atoms. The molecule has 2 aliphatic rings. The Bertz CT molecular complexity index is 1080. The lowest BCUT2D eigenvalue weighted by atomic mass is 9.92. The minimum absolute atomic E-state index is 0.585. The van der Waals surface area contributed by atoms with Crippen LogP contribution in [-0.2, 0) is 16.4 Å². The van der Waals surface area contributed by atoms with E-state index in [1.807, 2.05) is 29.5 Å². The molecule has 0 saturated carbocycles. The quantitative estimate of drug-likeness (QED) is 0.794. The van der Waals surface area contributed by atoms with E-state index >= 15 is 0 Å². The lowest BCUT2D eigenvalue weighted by molar-refractivity contribution is 0.607. The van der Waals surface area contributed by atoms with Gasteiger partial charge in [0.2, 0.25) is 10.0 Å². The fraction of sp³-hybridized carbons (Fsp3) is 0.143. The lowest BCUT2D eigenvalue weighted by Gasteiger charge is -2.13. The highest BCUT2D eigenvalue weighted by Crippen LogP contribution is 2.41. The predicted molar refractivity (Wildman–Crippen MR) is 113 cm³/mol. The van der Waals surface area contributed by atoms with Crippen molar-refractivity contribution in [1.82, 2.24) is 0 Å². The standard InChI is InChI=1S/C21H19NO2S2/c1-26(23,24)22-17-9-5-7-15(14-17)13-16-8-6-12-20-21(16)18-10-3-2-4-11-19(18)25-20/h2-7,9-10,12-14,22H,8,11H2,1H3/b16-13-. The van der Waals surface area contributed by atoms with E-state index in [1.54, 1.807) is 6.07 Å². The minimum atomic E-state index is -3.28. The van der Waals surface area contributed by atoms with Gasteiger partial charge in [-0.05, 0) is 41.3 Å². The van der Waals surface area contributed by atoms with E-state index in [0.29, 0.717) is 5.69 Å². The summed E-state index contributed by atoms with van der Waals surface area (Å²) in [7, 11) is -3.28. The number of hydrogen-bond acceptors (Lipinski definition) is 3. The summed E-state index contributed by atoms with van der Waals surface area (Å²) in [6.45, 7) is 0. The van der Waals surface area contributed by atoms with Crippen LogP contribution >= 0.6 is 11.3 Å². The second-order valence-electron chi connectivity index (χ2n) is 6.45. The van der Waals surface area contributed by atoms with Crippen LogP contribution in [0, 0.1) is 0 Å². The van der Waals surface area contributed by atoms with E-state index in [4.69, 9.17) is 0 Å². The Balaban J connectivity index is 1.76. The maximum absolute atomic E-state index is 11.5. The zero-order valence-electron chi connectivity index (χ0n) is 14.4. The molecule has 0 unspecified atom stereocenters. The highest BCUT2D eigenvalue weighted by atomic mass is 32.2. The number of benzene rings is 1. The van der Waals surface area contributed by atoms with Gasteiger partial charge in [0.15, 0.2) is 0 Å². The summed E-state index contributed by atoms with van der Waals surface area (Å²) >= 11 is 1.85. The Hall–Kier alpha value is -2.37. The normalized spacial score (nSPS) is 17.0. The number of thiophene rings is 1. The first-order chi connectivity index (χ1) is 12.5. The Kier molecular flexibility index (Phi) is 4.42. The molecule has 26 heavy (non-hydrogen) atoms. The molecule has 1 heterocycles. The Labute approximate surface area is 158 Å². The monoisotopic (exact) mass is 381 g/mol. The van der Waals surface area contributed by atoms with E-state index in [2.05, 4.69) is 47.3 Å². The minimum Gasteiger partial charge on any atom is -0.284 e. The Morgan fingerprint density at radius 3 is 2.85 bits per heavy atom. The predicted octanol–water partition coefficient (Wildman–Crippen LogP) is 5.20. The number of anilines is 1. The molecule has 5 heteroatoms. The molecule has 0 fully saturated rings. The molecule has 0 bridgehead atoms. The average Bonchev–Trinajstić information content (AvgIpc) is 2.77. The molecular weight excluding hydrogens is 362 g/mol. The van der Waals surface area contributed by atoms with Crippen molar-refractivity contribution in [2.45, 2.75) is 12.8 Å². The molecule has 0 atom stereocenters. The van der Waals surface area contributed by atoms with Gasteiger partial charge in [-0.25, -0.2) is 8.42 Å². The van der Waals surface area contributed by atoms with Gasteiger partial charge < -0.3 is 0 Å². The fourth-order valence-electron chi connectivity index (χ4n) is 3.33. The molecule has 0 saturated heterocycles. The van der Waals surface area contributed by atoms with Gasteiger partial charge in [-0.2, -0.15) is 0 Å². The van der Waals surface area contributed by atoms with Crippen LogP contribution in [0.15, 0.2) is 48.6 Å². The van der Waals surface area contributed by atoms with Crippen LogP contribution in [0.1, 0.15) is 32.9 Å². The largest absolute Gasteiger partial charge is 0.284 e. The third-order valence-electron chi connectivity index (χ3n) is 4.32. The second-order valence-corrected chi connectivity index (χ2v) is 9.33. The van der Waals surface area contributed by atoms with E-state index in [9.17, 15) is 8.42 Å². The highest BCUT2D eigenvalue weighted by molar-refractivity contribution is 7.92. The van der Waals surface area contributed by atoms with Gasteiger partial charge in [-0.3, -0.25) is 4.72 Å². The van der Waals surface area contributed by atoms with Crippen molar-refractivity contribution in [2.24, 2.45) is 0 Å². The van der Waals surface area contributed by atoms with Gasteiger partial charge >= 0.3 is 0 Å². The van der Waals surface area contributed by atoms with Gasteiger partial charge in [0.05, 0.1) is 6.26 Å². The molecule has 1 N–H and O–H groups in total. The van der Waals surface area contributed by atoms with Gasteiger partial charge in [0.25, 0.3) is 0 Å². The van der Waals surface area contributed by atoms with E-state index in [0.717, 1.165) is 24.7 Å². The summed E-state index contributed by atoms with van der Waals surface area (Å²) in [4.78, 5) is 2.70. The molecule has 0 aliphatic heterocycles. The highest BCUT2D eigenvalue weighted by Gasteiger charge is 2.20. The molecule has 0 amide bonds. The number of hydrogen-bond donors (Lipinski definition) is 1. The van der Waals surface area contributed by atoms with E-state index in [-0.39, 0.29) is 0 Å². The first-order valence-electron chi connectivity index (χ1n) is 8.44. The molecule has 0 radical (unpaired) electrons. The zero-order valence-corrected chi connectivity index (χ0v) is 16.0. The van der Waals surface area contributed by atoms with Crippen molar-refractivity contribution in [3.8, 4) is 0 Å². The third kappa shape index (κ3) is 3.59. The Morgan fingerprint density at radius 2 is 2.00 bits per heavy atom.